The fraction of sp³-hybridized carbons (Fsp3) is 0.722. The average molecular weight is 359 g/mol. The zero-order chi connectivity index (χ0) is 16.6. The van der Waals surface area contributed by atoms with Crippen LogP contribution in [0, 0.1) is 0 Å². The minimum Gasteiger partial charge on any atom is -0.298 e. The summed E-state index contributed by atoms with van der Waals surface area (Å²) in [6, 6.07) is 5.82. The number of hydrogen-bond acceptors (Lipinski definition) is 6. The van der Waals surface area contributed by atoms with Gasteiger partial charge in [0.1, 0.15) is 6.04 Å². The first-order valence-electron chi connectivity index (χ1n) is 9.69. The predicted octanol–water partition coefficient (Wildman–Crippen LogP) is 2.72. The molecular weight excluding hydrogens is 332 g/mol. The maximum Gasteiger partial charge on any atom is 0.174 e. The van der Waals surface area contributed by atoms with Crippen LogP contribution in [0.2, 0.25) is 0 Å². The summed E-state index contributed by atoms with van der Waals surface area (Å²) in [4.78, 5) is 6.68. The van der Waals surface area contributed by atoms with Crippen molar-refractivity contribution in [1.29, 1.82) is 0 Å². The van der Waals surface area contributed by atoms with Crippen molar-refractivity contribution in [3.63, 3.8) is 0 Å². The van der Waals surface area contributed by atoms with Gasteiger partial charge in [0.2, 0.25) is 0 Å². The molecule has 25 heavy (non-hydrogen) atoms. The minimum atomic E-state index is 0.207. The Bertz CT molecular complexity index is 692. The van der Waals surface area contributed by atoms with E-state index >= 15 is 0 Å². The summed E-state index contributed by atoms with van der Waals surface area (Å²) in [5.41, 5.74) is 0. The molecular formula is C18H26N6S. The van der Waals surface area contributed by atoms with Gasteiger partial charge in [-0.05, 0) is 54.1 Å². The van der Waals surface area contributed by atoms with Gasteiger partial charge in [0.05, 0.1) is 6.04 Å². The summed E-state index contributed by atoms with van der Waals surface area (Å²) in [5.74, 6) is 1.06. The molecule has 0 unspecified atom stereocenters. The topological polar surface area (TPSA) is 50.1 Å². The van der Waals surface area contributed by atoms with E-state index in [1.54, 1.807) is 0 Å². The van der Waals surface area contributed by atoms with E-state index in [0.29, 0.717) is 12.1 Å². The largest absolute Gasteiger partial charge is 0.298 e. The molecule has 3 fully saturated rings. The number of fused-ring (bicyclic) bond motifs is 1. The lowest BCUT2D eigenvalue weighted by Crippen LogP contribution is -2.51. The van der Waals surface area contributed by atoms with Gasteiger partial charge in [-0.3, -0.25) is 9.80 Å². The number of hydrogen-bond donors (Lipinski definition) is 0. The van der Waals surface area contributed by atoms with E-state index < -0.39 is 0 Å². The van der Waals surface area contributed by atoms with Crippen molar-refractivity contribution in [2.75, 3.05) is 26.2 Å². The van der Waals surface area contributed by atoms with Crippen LogP contribution >= 0.6 is 11.3 Å². The molecule has 3 aliphatic rings. The molecule has 2 aromatic heterocycles. The van der Waals surface area contributed by atoms with Gasteiger partial charge in [-0.15, -0.1) is 16.4 Å². The van der Waals surface area contributed by atoms with Crippen molar-refractivity contribution < 1.29 is 0 Å². The highest BCUT2D eigenvalue weighted by atomic mass is 32.1. The van der Waals surface area contributed by atoms with E-state index in [9.17, 15) is 0 Å². The second-order valence-corrected chi connectivity index (χ2v) is 8.64. The zero-order valence-electron chi connectivity index (χ0n) is 14.6. The van der Waals surface area contributed by atoms with Crippen molar-refractivity contribution >= 4 is 11.3 Å². The first-order chi connectivity index (χ1) is 12.4. The van der Waals surface area contributed by atoms with Gasteiger partial charge in [0.25, 0.3) is 0 Å². The van der Waals surface area contributed by atoms with Crippen LogP contribution in [-0.4, -0.2) is 62.2 Å². The van der Waals surface area contributed by atoms with Crippen LogP contribution in [0.3, 0.4) is 0 Å². The third kappa shape index (κ3) is 2.92. The van der Waals surface area contributed by atoms with Gasteiger partial charge in [-0.1, -0.05) is 18.9 Å². The molecule has 7 heteroatoms. The summed E-state index contributed by atoms with van der Waals surface area (Å²) in [6.07, 6.45) is 7.71. The first-order valence-corrected chi connectivity index (χ1v) is 10.6. The molecule has 1 saturated carbocycles. The third-order valence-corrected chi connectivity index (χ3v) is 7.15. The Morgan fingerprint density at radius 3 is 2.76 bits per heavy atom. The van der Waals surface area contributed by atoms with Crippen molar-refractivity contribution in [2.24, 2.45) is 0 Å². The molecule has 1 aliphatic carbocycles. The predicted molar refractivity (Wildman–Crippen MR) is 97.7 cm³/mol. The van der Waals surface area contributed by atoms with Crippen LogP contribution in [0.25, 0.3) is 0 Å². The summed E-state index contributed by atoms with van der Waals surface area (Å²) in [7, 11) is 0. The minimum absolute atomic E-state index is 0.207. The Balaban J connectivity index is 1.48. The Kier molecular flexibility index (Phi) is 4.31. The molecule has 5 rings (SSSR count). The summed E-state index contributed by atoms with van der Waals surface area (Å²) < 4.78 is 2.15. The van der Waals surface area contributed by atoms with E-state index in [-0.39, 0.29) is 6.04 Å². The Labute approximate surface area is 152 Å². The van der Waals surface area contributed by atoms with Crippen LogP contribution in [-0.2, 0) is 0 Å². The second-order valence-electron chi connectivity index (χ2n) is 7.66. The fourth-order valence-electron chi connectivity index (χ4n) is 4.96. The fourth-order valence-corrected chi connectivity index (χ4v) is 5.81. The lowest BCUT2D eigenvalue weighted by atomic mass is 10.1. The van der Waals surface area contributed by atoms with Crippen LogP contribution in [0.5, 0.6) is 0 Å². The monoisotopic (exact) mass is 358 g/mol. The molecule has 0 radical (unpaired) electrons. The first kappa shape index (κ1) is 15.9. The summed E-state index contributed by atoms with van der Waals surface area (Å²) >= 11 is 1.84. The van der Waals surface area contributed by atoms with Crippen LogP contribution in [0.4, 0.5) is 0 Å². The molecule has 2 saturated heterocycles. The van der Waals surface area contributed by atoms with Gasteiger partial charge in [0, 0.05) is 30.6 Å². The molecule has 4 heterocycles. The van der Waals surface area contributed by atoms with Gasteiger partial charge in [-0.25, -0.2) is 4.68 Å². The Hall–Kier alpha value is -1.31. The molecule has 134 valence electrons. The quantitative estimate of drug-likeness (QED) is 0.841. The van der Waals surface area contributed by atoms with Gasteiger partial charge >= 0.3 is 0 Å². The Morgan fingerprint density at radius 1 is 1.04 bits per heavy atom. The van der Waals surface area contributed by atoms with Crippen molar-refractivity contribution in [3.8, 4) is 0 Å². The van der Waals surface area contributed by atoms with E-state index in [4.69, 9.17) is 0 Å². The number of rotatable bonds is 4. The van der Waals surface area contributed by atoms with Gasteiger partial charge < -0.3 is 0 Å². The number of aromatic nitrogens is 4. The van der Waals surface area contributed by atoms with E-state index in [0.717, 1.165) is 18.9 Å². The SMILES string of the molecule is c1csc([C@@H](c2nnnn2C2CCCC2)N2CCN3CCC[C@@H]3C2)c1. The lowest BCUT2D eigenvalue weighted by Gasteiger charge is -2.41. The zero-order valence-corrected chi connectivity index (χ0v) is 15.4. The molecule has 0 N–H and O–H groups in total. The van der Waals surface area contributed by atoms with Crippen LogP contribution in [0.1, 0.15) is 61.3 Å². The second kappa shape index (κ2) is 6.78. The molecule has 0 bridgehead atoms. The van der Waals surface area contributed by atoms with E-state index in [1.165, 1.54) is 56.5 Å². The highest BCUT2D eigenvalue weighted by Gasteiger charge is 2.37. The lowest BCUT2D eigenvalue weighted by molar-refractivity contribution is 0.0797. The normalized spacial score (nSPS) is 27.0. The molecule has 2 atom stereocenters. The standard InChI is InChI=1S/C18H26N6S/c1-2-6-14(5-1)24-18(19-20-21-24)17(16-8-4-12-25-16)23-11-10-22-9-3-7-15(22)13-23/h4,8,12,14-15,17H,1-3,5-7,9-11,13H2/t15-,17+/m1/s1. The van der Waals surface area contributed by atoms with Crippen molar-refractivity contribution in [3.05, 3.63) is 28.2 Å². The smallest absolute Gasteiger partial charge is 0.174 e. The van der Waals surface area contributed by atoms with Gasteiger partial charge in [0.15, 0.2) is 5.82 Å². The molecule has 0 spiro atoms. The number of nitrogens with zero attached hydrogens (tertiary/aromatic N) is 6. The van der Waals surface area contributed by atoms with Crippen molar-refractivity contribution in [1.82, 2.24) is 30.0 Å². The number of tetrazole rings is 1. The highest BCUT2D eigenvalue weighted by molar-refractivity contribution is 7.10. The van der Waals surface area contributed by atoms with Crippen LogP contribution in [0.15, 0.2) is 17.5 Å². The molecule has 6 nitrogen and oxygen atoms in total. The van der Waals surface area contributed by atoms with Crippen molar-refractivity contribution in [2.45, 2.75) is 56.7 Å². The number of thiophene rings is 1. The average Bonchev–Trinajstić information content (AvgIpc) is 3.41. The van der Waals surface area contributed by atoms with Crippen LogP contribution < -0.4 is 0 Å². The third-order valence-electron chi connectivity index (χ3n) is 6.23. The summed E-state index contributed by atoms with van der Waals surface area (Å²) in [6.45, 7) is 4.70. The Morgan fingerprint density at radius 2 is 1.92 bits per heavy atom. The summed E-state index contributed by atoms with van der Waals surface area (Å²) in [5, 5.41) is 15.2. The molecule has 0 amide bonds. The molecule has 2 aliphatic heterocycles. The number of piperazine rings is 1. The molecule has 0 aromatic carbocycles. The molecule has 2 aromatic rings. The maximum atomic E-state index is 4.53. The highest BCUT2D eigenvalue weighted by Crippen LogP contribution is 2.37. The van der Waals surface area contributed by atoms with E-state index in [1.807, 2.05) is 11.3 Å². The van der Waals surface area contributed by atoms with Gasteiger partial charge in [-0.2, -0.15) is 0 Å². The maximum absolute atomic E-state index is 4.53. The van der Waals surface area contributed by atoms with E-state index in [2.05, 4.69) is 47.5 Å².